The minimum atomic E-state index is -3.91. The highest BCUT2D eigenvalue weighted by molar-refractivity contribution is 7.92. The lowest BCUT2D eigenvalue weighted by Gasteiger charge is -2.23. The largest absolute Gasteiger partial charge is 0.494 e. The Morgan fingerprint density at radius 3 is 2.39 bits per heavy atom. The smallest absolute Gasteiger partial charge is 0.264 e. The first kappa shape index (κ1) is 17.0. The summed E-state index contributed by atoms with van der Waals surface area (Å²) in [7, 11) is -2.59. The summed E-state index contributed by atoms with van der Waals surface area (Å²) >= 11 is 0. The average molecular weight is 335 g/mol. The molecule has 0 spiro atoms. The summed E-state index contributed by atoms with van der Waals surface area (Å²) in [5, 5.41) is 0. The molecular weight excluding hydrogens is 317 g/mol. The molecule has 4 nitrogen and oxygen atoms in total. The fourth-order valence-electron chi connectivity index (χ4n) is 2.11. The summed E-state index contributed by atoms with van der Waals surface area (Å²) < 4.78 is 45.5. The quantitative estimate of drug-likeness (QED) is 0.759. The van der Waals surface area contributed by atoms with Gasteiger partial charge in [0.15, 0.2) is 11.6 Å². The topological polar surface area (TPSA) is 46.6 Å². The van der Waals surface area contributed by atoms with Crippen LogP contribution in [0.5, 0.6) is 5.75 Å². The van der Waals surface area contributed by atoms with Crippen molar-refractivity contribution in [3.63, 3.8) is 0 Å². The molecule has 0 atom stereocenters. The van der Waals surface area contributed by atoms with Crippen LogP contribution in [0.3, 0.4) is 0 Å². The van der Waals surface area contributed by atoms with Crippen molar-refractivity contribution in [1.29, 1.82) is 0 Å². The van der Waals surface area contributed by atoms with Crippen LogP contribution in [-0.2, 0) is 10.0 Å². The molecule has 0 amide bonds. The van der Waals surface area contributed by atoms with Crippen LogP contribution in [0.15, 0.2) is 60.0 Å². The van der Waals surface area contributed by atoms with Crippen LogP contribution in [0.25, 0.3) is 0 Å². The molecule has 2 aromatic carbocycles. The van der Waals surface area contributed by atoms with Gasteiger partial charge < -0.3 is 4.74 Å². The Morgan fingerprint density at radius 2 is 1.87 bits per heavy atom. The fraction of sp³-hybridized carbons (Fsp3) is 0.176. The highest BCUT2D eigenvalue weighted by atomic mass is 32.2. The molecule has 23 heavy (non-hydrogen) atoms. The van der Waals surface area contributed by atoms with Crippen molar-refractivity contribution in [3.8, 4) is 5.75 Å². The Hall–Kier alpha value is -2.34. The number of sulfonamides is 1. The third-order valence-corrected chi connectivity index (χ3v) is 5.12. The number of hydrogen-bond donors (Lipinski definition) is 0. The van der Waals surface area contributed by atoms with Crippen molar-refractivity contribution in [2.45, 2.75) is 11.8 Å². The van der Waals surface area contributed by atoms with Gasteiger partial charge in [0, 0.05) is 0 Å². The highest BCUT2D eigenvalue weighted by Crippen LogP contribution is 2.27. The van der Waals surface area contributed by atoms with E-state index in [9.17, 15) is 12.8 Å². The van der Waals surface area contributed by atoms with Crippen LogP contribution < -0.4 is 9.04 Å². The maximum absolute atomic E-state index is 13.9. The van der Waals surface area contributed by atoms with Gasteiger partial charge in [0.05, 0.1) is 24.2 Å². The minimum Gasteiger partial charge on any atom is -0.494 e. The number of nitrogens with zero attached hydrogens (tertiary/aromatic N) is 1. The summed E-state index contributed by atoms with van der Waals surface area (Å²) in [4.78, 5) is -0.141. The number of benzene rings is 2. The van der Waals surface area contributed by atoms with Crippen molar-refractivity contribution < 1.29 is 17.5 Å². The lowest BCUT2D eigenvalue weighted by Crippen LogP contribution is -2.31. The van der Waals surface area contributed by atoms with Crippen molar-refractivity contribution in [2.24, 2.45) is 0 Å². The second-order valence-corrected chi connectivity index (χ2v) is 6.82. The van der Waals surface area contributed by atoms with Crippen LogP contribution in [0.4, 0.5) is 10.1 Å². The molecule has 6 heteroatoms. The zero-order valence-corrected chi connectivity index (χ0v) is 13.8. The van der Waals surface area contributed by atoms with Gasteiger partial charge in [-0.25, -0.2) is 12.8 Å². The van der Waals surface area contributed by atoms with E-state index in [2.05, 4.69) is 6.58 Å². The maximum atomic E-state index is 13.9. The summed E-state index contributed by atoms with van der Waals surface area (Å²) in [5.74, 6) is -0.731. The molecule has 0 aliphatic rings. The zero-order chi connectivity index (χ0) is 17.0. The average Bonchev–Trinajstić information content (AvgIpc) is 2.53. The van der Waals surface area contributed by atoms with E-state index >= 15 is 0 Å². The molecule has 0 saturated carbocycles. The summed E-state index contributed by atoms with van der Waals surface area (Å²) in [6.07, 6.45) is 1.48. The predicted molar refractivity (Wildman–Crippen MR) is 88.9 cm³/mol. The van der Waals surface area contributed by atoms with Gasteiger partial charge in [-0.3, -0.25) is 4.31 Å². The number of anilines is 1. The van der Waals surface area contributed by atoms with E-state index in [-0.39, 0.29) is 17.2 Å². The Labute approximate surface area is 135 Å². The third-order valence-electron chi connectivity index (χ3n) is 3.33. The monoisotopic (exact) mass is 335 g/mol. The van der Waals surface area contributed by atoms with Crippen LogP contribution in [0, 0.1) is 12.7 Å². The number of hydrogen-bond acceptors (Lipinski definition) is 3. The van der Waals surface area contributed by atoms with Gasteiger partial charge in [0.2, 0.25) is 0 Å². The molecule has 0 saturated heterocycles. The van der Waals surface area contributed by atoms with Gasteiger partial charge in [0.1, 0.15) is 0 Å². The Bertz CT molecular complexity index is 801. The van der Waals surface area contributed by atoms with E-state index in [0.29, 0.717) is 5.69 Å². The van der Waals surface area contributed by atoms with Gasteiger partial charge >= 0.3 is 0 Å². The fourth-order valence-corrected chi connectivity index (χ4v) is 3.55. The summed E-state index contributed by atoms with van der Waals surface area (Å²) in [6.45, 7) is 5.59. The van der Waals surface area contributed by atoms with Crippen LogP contribution in [0.2, 0.25) is 0 Å². The number of methoxy groups -OCH3 is 1. The molecule has 2 rings (SSSR count). The Balaban J connectivity index is 2.50. The van der Waals surface area contributed by atoms with E-state index < -0.39 is 15.8 Å². The lowest BCUT2D eigenvalue weighted by atomic mass is 10.2. The summed E-state index contributed by atoms with van der Waals surface area (Å²) in [6, 6.07) is 10.6. The van der Waals surface area contributed by atoms with Gasteiger partial charge in [-0.15, -0.1) is 6.58 Å². The Kier molecular flexibility index (Phi) is 5.05. The maximum Gasteiger partial charge on any atom is 0.264 e. The van der Waals surface area contributed by atoms with E-state index in [4.69, 9.17) is 4.74 Å². The SMILES string of the molecule is C=CCN(c1ccc(C)cc1)S(=O)(=O)c1ccc(OC)c(F)c1. The van der Waals surface area contributed by atoms with Gasteiger partial charge in [-0.05, 0) is 37.3 Å². The molecule has 0 heterocycles. The molecule has 0 aliphatic carbocycles. The molecule has 0 unspecified atom stereocenters. The normalized spacial score (nSPS) is 11.1. The van der Waals surface area contributed by atoms with Crippen molar-refractivity contribution >= 4 is 15.7 Å². The molecule has 0 bridgehead atoms. The number of ether oxygens (including phenoxy) is 1. The first-order chi connectivity index (χ1) is 10.9. The number of halogens is 1. The molecule has 0 N–H and O–H groups in total. The van der Waals surface area contributed by atoms with E-state index in [1.54, 1.807) is 12.1 Å². The first-order valence-corrected chi connectivity index (χ1v) is 8.38. The number of aryl methyl sites for hydroxylation is 1. The van der Waals surface area contributed by atoms with E-state index in [0.717, 1.165) is 11.6 Å². The van der Waals surface area contributed by atoms with Crippen LogP contribution >= 0.6 is 0 Å². The molecule has 0 aliphatic heterocycles. The zero-order valence-electron chi connectivity index (χ0n) is 13.0. The van der Waals surface area contributed by atoms with Gasteiger partial charge in [-0.2, -0.15) is 0 Å². The summed E-state index contributed by atoms with van der Waals surface area (Å²) in [5.41, 5.74) is 1.51. The Morgan fingerprint density at radius 1 is 1.22 bits per heavy atom. The van der Waals surface area contributed by atoms with Crippen molar-refractivity contribution in [1.82, 2.24) is 0 Å². The molecule has 0 fully saturated rings. The highest BCUT2D eigenvalue weighted by Gasteiger charge is 2.25. The number of rotatable bonds is 6. The molecule has 122 valence electrons. The lowest BCUT2D eigenvalue weighted by molar-refractivity contribution is 0.385. The molecular formula is C17H18FNO3S. The molecule has 2 aromatic rings. The first-order valence-electron chi connectivity index (χ1n) is 6.94. The standard InChI is InChI=1S/C17H18FNO3S/c1-4-11-19(14-7-5-13(2)6-8-14)23(20,21)15-9-10-17(22-3)16(18)12-15/h4-10,12H,1,11H2,2-3H3. The third kappa shape index (κ3) is 3.53. The van der Waals surface area contributed by atoms with E-state index in [1.807, 2.05) is 19.1 Å². The van der Waals surface area contributed by atoms with Gasteiger partial charge in [0.25, 0.3) is 10.0 Å². The minimum absolute atomic E-state index is 0.00504. The van der Waals surface area contributed by atoms with Crippen molar-refractivity contribution in [3.05, 3.63) is 66.5 Å². The second kappa shape index (κ2) is 6.83. The molecule has 0 radical (unpaired) electrons. The van der Waals surface area contributed by atoms with E-state index in [1.165, 1.54) is 29.6 Å². The second-order valence-electron chi connectivity index (χ2n) is 4.96. The predicted octanol–water partition coefficient (Wildman–Crippen LogP) is 3.52. The van der Waals surface area contributed by atoms with Crippen LogP contribution in [-0.4, -0.2) is 22.1 Å². The van der Waals surface area contributed by atoms with Crippen LogP contribution in [0.1, 0.15) is 5.56 Å². The molecule has 0 aromatic heterocycles. The van der Waals surface area contributed by atoms with Gasteiger partial charge in [-0.1, -0.05) is 23.8 Å². The van der Waals surface area contributed by atoms with Crippen molar-refractivity contribution in [2.75, 3.05) is 18.0 Å².